The number of rotatable bonds is 16. The molecule has 0 unspecified atom stereocenters. The van der Waals surface area contributed by atoms with Gasteiger partial charge >= 0.3 is 12.2 Å². The van der Waals surface area contributed by atoms with Gasteiger partial charge in [-0.15, -0.1) is 11.6 Å². The summed E-state index contributed by atoms with van der Waals surface area (Å²) >= 11 is 5.76. The number of carbonyl (C=O) groups is 4. The maximum Gasteiger partial charge on any atom is 0.407 e. The highest BCUT2D eigenvalue weighted by Gasteiger charge is 2.19. The summed E-state index contributed by atoms with van der Waals surface area (Å²) in [6.07, 6.45) is 0.678. The van der Waals surface area contributed by atoms with E-state index in [9.17, 15) is 19.2 Å². The van der Waals surface area contributed by atoms with Gasteiger partial charge in [-0.25, -0.2) is 9.59 Å². The van der Waals surface area contributed by atoms with Crippen molar-refractivity contribution in [3.05, 3.63) is 107 Å². The summed E-state index contributed by atoms with van der Waals surface area (Å²) in [5.74, 6) is -0.762. The van der Waals surface area contributed by atoms with Crippen molar-refractivity contribution in [3.8, 4) is 0 Å². The van der Waals surface area contributed by atoms with Crippen molar-refractivity contribution in [1.82, 2.24) is 16.0 Å². The fourth-order valence-corrected chi connectivity index (χ4v) is 4.19. The van der Waals surface area contributed by atoms with Crippen molar-refractivity contribution < 1.29 is 28.7 Å². The summed E-state index contributed by atoms with van der Waals surface area (Å²) in [6, 6.07) is 25.3. The lowest BCUT2D eigenvalue weighted by molar-refractivity contribution is -0.126. The zero-order chi connectivity index (χ0) is 30.0. The average Bonchev–Trinajstić information content (AvgIpc) is 3.02. The molecule has 3 aromatic carbocycles. The smallest absolute Gasteiger partial charge is 0.407 e. The Morgan fingerprint density at radius 1 is 0.667 bits per heavy atom. The van der Waals surface area contributed by atoms with Gasteiger partial charge in [0.2, 0.25) is 5.91 Å². The van der Waals surface area contributed by atoms with Crippen molar-refractivity contribution in [2.75, 3.05) is 12.4 Å². The van der Waals surface area contributed by atoms with Gasteiger partial charge < -0.3 is 25.4 Å². The minimum Gasteiger partial charge on any atom is -0.445 e. The second kappa shape index (κ2) is 18.1. The molecule has 0 spiro atoms. The van der Waals surface area contributed by atoms with Crippen LogP contribution in [0.5, 0.6) is 0 Å². The highest BCUT2D eigenvalue weighted by molar-refractivity contribution is 6.28. The maximum absolute atomic E-state index is 12.6. The Labute approximate surface area is 250 Å². The molecule has 0 saturated heterocycles. The molecule has 0 saturated carbocycles. The van der Waals surface area contributed by atoms with Crippen LogP contribution in [-0.4, -0.2) is 42.3 Å². The molecule has 9 nitrogen and oxygen atoms in total. The number of alkyl halides is 1. The van der Waals surface area contributed by atoms with Crippen molar-refractivity contribution in [2.24, 2.45) is 0 Å². The molecule has 0 aliphatic carbocycles. The van der Waals surface area contributed by atoms with E-state index in [2.05, 4.69) is 16.0 Å². The summed E-state index contributed by atoms with van der Waals surface area (Å²) in [7, 11) is 0. The third-order valence-electron chi connectivity index (χ3n) is 6.29. The molecule has 1 atom stereocenters. The Balaban J connectivity index is 1.33. The SMILES string of the molecule is O=C(Cc1ccc(CNC(=O)OCc2ccccc2)cc1)N[C@@H](CCCCNC(=O)OCc1ccccc1)C(=O)CCl. The van der Waals surface area contributed by atoms with Gasteiger partial charge in [-0.05, 0) is 41.5 Å². The third kappa shape index (κ3) is 12.4. The van der Waals surface area contributed by atoms with Crippen molar-refractivity contribution in [3.63, 3.8) is 0 Å². The van der Waals surface area contributed by atoms with Crippen LogP contribution in [0.15, 0.2) is 84.9 Å². The van der Waals surface area contributed by atoms with Crippen LogP contribution in [-0.2, 0) is 45.2 Å². The van der Waals surface area contributed by atoms with E-state index in [-0.39, 0.29) is 43.7 Å². The first kappa shape index (κ1) is 32.1. The van der Waals surface area contributed by atoms with Crippen LogP contribution < -0.4 is 16.0 Å². The Kier molecular flexibility index (Phi) is 13.9. The Morgan fingerprint density at radius 3 is 1.79 bits per heavy atom. The summed E-state index contributed by atoms with van der Waals surface area (Å²) in [5, 5.41) is 8.17. The number of amides is 3. The van der Waals surface area contributed by atoms with Gasteiger partial charge in [0.15, 0.2) is 5.78 Å². The first-order valence-electron chi connectivity index (χ1n) is 13.8. The monoisotopic (exact) mass is 593 g/mol. The number of ether oxygens (including phenoxy) is 2. The summed E-state index contributed by atoms with van der Waals surface area (Å²) in [4.78, 5) is 48.8. The Morgan fingerprint density at radius 2 is 1.21 bits per heavy atom. The summed E-state index contributed by atoms with van der Waals surface area (Å²) in [6.45, 7) is 1.05. The molecule has 0 bridgehead atoms. The van der Waals surface area contributed by atoms with Gasteiger partial charge in [0, 0.05) is 13.1 Å². The fraction of sp³-hybridized carbons (Fsp3) is 0.312. The number of benzene rings is 3. The first-order valence-corrected chi connectivity index (χ1v) is 14.3. The van der Waals surface area contributed by atoms with Crippen LogP contribution in [0.25, 0.3) is 0 Å². The quantitative estimate of drug-likeness (QED) is 0.158. The van der Waals surface area contributed by atoms with E-state index >= 15 is 0 Å². The number of ketones is 1. The molecule has 10 heteroatoms. The summed E-state index contributed by atoms with van der Waals surface area (Å²) in [5.41, 5.74) is 3.41. The Bertz CT molecular complexity index is 1270. The van der Waals surface area contributed by atoms with E-state index in [1.807, 2.05) is 72.8 Å². The molecular weight excluding hydrogens is 558 g/mol. The molecule has 0 fully saturated rings. The normalized spacial score (nSPS) is 11.2. The lowest BCUT2D eigenvalue weighted by Gasteiger charge is -2.17. The van der Waals surface area contributed by atoms with E-state index in [0.717, 1.165) is 22.3 Å². The number of nitrogens with one attached hydrogen (secondary N) is 3. The van der Waals surface area contributed by atoms with E-state index in [1.165, 1.54) is 0 Å². The predicted molar refractivity (Wildman–Crippen MR) is 160 cm³/mol. The molecule has 3 N–H and O–H groups in total. The lowest BCUT2D eigenvalue weighted by Crippen LogP contribution is -2.42. The van der Waals surface area contributed by atoms with Gasteiger partial charge in [-0.1, -0.05) is 84.9 Å². The number of hydrogen-bond donors (Lipinski definition) is 3. The standard InChI is InChI=1S/C32H36ClN3O6/c33-20-29(37)28(13-7-8-18-34-31(39)41-22-26-9-3-1-4-10-26)36-30(38)19-24-14-16-25(17-15-24)21-35-32(40)42-23-27-11-5-2-6-12-27/h1-6,9-12,14-17,28H,7-8,13,18-23H2,(H,34,39)(H,35,40)(H,36,38)/t28-/m0/s1. The largest absolute Gasteiger partial charge is 0.445 e. The van der Waals surface area contributed by atoms with Crippen LogP contribution in [0, 0.1) is 0 Å². The Hall–Kier alpha value is -4.37. The number of alkyl carbamates (subject to hydrolysis) is 2. The van der Waals surface area contributed by atoms with Crippen LogP contribution in [0.4, 0.5) is 9.59 Å². The first-order chi connectivity index (χ1) is 20.4. The number of halogens is 1. The molecule has 222 valence electrons. The minimum atomic E-state index is -0.703. The molecule has 0 radical (unpaired) electrons. The lowest BCUT2D eigenvalue weighted by atomic mass is 10.0. The predicted octanol–water partition coefficient (Wildman–Crippen LogP) is 5.04. The molecule has 3 rings (SSSR count). The van der Waals surface area contributed by atoms with Crippen LogP contribution in [0.1, 0.15) is 41.5 Å². The zero-order valence-corrected chi connectivity index (χ0v) is 24.1. The van der Waals surface area contributed by atoms with Gasteiger partial charge in [0.05, 0.1) is 18.3 Å². The topological polar surface area (TPSA) is 123 Å². The van der Waals surface area contributed by atoms with E-state index in [1.54, 1.807) is 12.1 Å². The van der Waals surface area contributed by atoms with Gasteiger partial charge in [-0.3, -0.25) is 9.59 Å². The molecule has 3 aromatic rings. The molecule has 0 aliphatic heterocycles. The fourth-order valence-electron chi connectivity index (χ4n) is 4.00. The molecular formula is C32H36ClN3O6. The summed E-state index contributed by atoms with van der Waals surface area (Å²) < 4.78 is 10.4. The van der Waals surface area contributed by atoms with E-state index in [0.29, 0.717) is 25.8 Å². The van der Waals surface area contributed by atoms with Crippen molar-refractivity contribution in [1.29, 1.82) is 0 Å². The molecule has 0 aliphatic rings. The molecule has 0 heterocycles. The average molecular weight is 594 g/mol. The number of Topliss-reactive ketones (excluding diaryl/α,β-unsaturated/α-hetero) is 1. The second-order valence-electron chi connectivity index (χ2n) is 9.61. The van der Waals surface area contributed by atoms with E-state index < -0.39 is 18.2 Å². The van der Waals surface area contributed by atoms with Gasteiger partial charge in [0.25, 0.3) is 0 Å². The van der Waals surface area contributed by atoms with Gasteiger partial charge in [0.1, 0.15) is 13.2 Å². The zero-order valence-electron chi connectivity index (χ0n) is 23.4. The third-order valence-corrected chi connectivity index (χ3v) is 6.56. The number of carbonyl (C=O) groups excluding carboxylic acids is 4. The second-order valence-corrected chi connectivity index (χ2v) is 9.88. The molecule has 3 amide bonds. The van der Waals surface area contributed by atoms with Crippen molar-refractivity contribution >= 4 is 35.5 Å². The highest BCUT2D eigenvalue weighted by atomic mass is 35.5. The van der Waals surface area contributed by atoms with Crippen LogP contribution >= 0.6 is 11.6 Å². The number of unbranched alkanes of at least 4 members (excludes halogenated alkanes) is 1. The molecule has 42 heavy (non-hydrogen) atoms. The number of hydrogen-bond acceptors (Lipinski definition) is 6. The van der Waals surface area contributed by atoms with E-state index in [4.69, 9.17) is 21.1 Å². The van der Waals surface area contributed by atoms with Crippen molar-refractivity contribution in [2.45, 2.75) is 51.5 Å². The minimum absolute atomic E-state index is 0.0910. The highest BCUT2D eigenvalue weighted by Crippen LogP contribution is 2.09. The maximum atomic E-state index is 12.6. The van der Waals surface area contributed by atoms with Gasteiger partial charge in [-0.2, -0.15) is 0 Å². The van der Waals surface area contributed by atoms with Crippen LogP contribution in [0.3, 0.4) is 0 Å². The van der Waals surface area contributed by atoms with Crippen LogP contribution in [0.2, 0.25) is 0 Å². The molecule has 0 aromatic heterocycles.